The maximum atomic E-state index is 17.2. The van der Waals surface area contributed by atoms with E-state index >= 15 is 4.39 Å². The molecule has 1 aliphatic rings. The minimum Gasteiger partial charge on any atom is -0.462 e. The monoisotopic (exact) mass is 734 g/mol. The van der Waals surface area contributed by atoms with Crippen LogP contribution in [0, 0.1) is 17.1 Å². The van der Waals surface area contributed by atoms with Crippen LogP contribution in [-0.2, 0) is 27.2 Å². The highest BCUT2D eigenvalue weighted by molar-refractivity contribution is 6.43. The highest BCUT2D eigenvalue weighted by Gasteiger charge is 2.34. The standard InChI is InChI=1S/C39H41Cl2FN4O5/c1-6-49-37(47)31-34(23(2)50-22-24-12-8-7-9-13-24)45-36-28(35(31)44-26-17-19-46(21-26)38(48)51-39(3,4)5)20-25(14-11-18-43)30(33(36)42)27-15-10-16-29(40)32(27)41/h7-10,12-13,15-16,20,23,26H,6,11,14,17,19,21-22H2,1-5H3,(H,44,45). The molecule has 0 radical (unpaired) electrons. The fraction of sp³-hybridized carbons (Fsp3) is 0.385. The second-order valence-corrected chi connectivity index (χ2v) is 14.1. The van der Waals surface area contributed by atoms with Crippen LogP contribution in [0.5, 0.6) is 0 Å². The third kappa shape index (κ3) is 8.73. The molecule has 0 spiro atoms. The highest BCUT2D eigenvalue weighted by atomic mass is 35.5. The van der Waals surface area contributed by atoms with Crippen molar-refractivity contribution in [2.75, 3.05) is 25.0 Å². The smallest absolute Gasteiger partial charge is 0.410 e. The van der Waals surface area contributed by atoms with Crippen LogP contribution < -0.4 is 5.32 Å². The summed E-state index contributed by atoms with van der Waals surface area (Å²) in [4.78, 5) is 33.3. The number of anilines is 1. The van der Waals surface area contributed by atoms with Gasteiger partial charge in [0.05, 0.1) is 46.8 Å². The Balaban J connectivity index is 1.73. The Labute approximate surface area is 307 Å². The number of pyridine rings is 1. The number of carbonyl (C=O) groups excluding carboxylic acids is 2. The van der Waals surface area contributed by atoms with Crippen molar-refractivity contribution in [3.8, 4) is 17.2 Å². The van der Waals surface area contributed by atoms with Crippen molar-refractivity contribution in [3.05, 3.63) is 92.8 Å². The molecule has 0 aliphatic carbocycles. The van der Waals surface area contributed by atoms with E-state index in [1.807, 2.05) is 30.3 Å². The molecule has 1 fully saturated rings. The molecule has 2 atom stereocenters. The zero-order valence-electron chi connectivity index (χ0n) is 29.3. The number of carbonyl (C=O) groups is 2. The lowest BCUT2D eigenvalue weighted by Crippen LogP contribution is -2.36. The van der Waals surface area contributed by atoms with Gasteiger partial charge in [0.2, 0.25) is 0 Å². The Morgan fingerprint density at radius 2 is 1.90 bits per heavy atom. The van der Waals surface area contributed by atoms with E-state index in [4.69, 9.17) is 42.4 Å². The molecule has 4 aromatic rings. The molecule has 2 heterocycles. The molecule has 1 N–H and O–H groups in total. The second-order valence-electron chi connectivity index (χ2n) is 13.3. The number of likely N-dealkylation sites (tertiary alicyclic amines) is 1. The summed E-state index contributed by atoms with van der Waals surface area (Å²) in [5.74, 6) is -1.36. The predicted molar refractivity (Wildman–Crippen MR) is 197 cm³/mol. The van der Waals surface area contributed by atoms with Gasteiger partial charge < -0.3 is 24.4 Å². The summed E-state index contributed by atoms with van der Waals surface area (Å²) in [6.07, 6.45) is -0.432. The Morgan fingerprint density at radius 3 is 2.59 bits per heavy atom. The van der Waals surface area contributed by atoms with Gasteiger partial charge in [0, 0.05) is 42.1 Å². The maximum Gasteiger partial charge on any atom is 0.410 e. The van der Waals surface area contributed by atoms with Gasteiger partial charge in [0.25, 0.3) is 0 Å². The average Bonchev–Trinajstić information content (AvgIpc) is 3.56. The van der Waals surface area contributed by atoms with Crippen molar-refractivity contribution >= 4 is 51.9 Å². The van der Waals surface area contributed by atoms with Gasteiger partial charge in [0.15, 0.2) is 5.82 Å². The highest BCUT2D eigenvalue weighted by Crippen LogP contribution is 2.43. The van der Waals surface area contributed by atoms with Crippen molar-refractivity contribution in [2.24, 2.45) is 0 Å². The van der Waals surface area contributed by atoms with Crippen LogP contribution in [-0.4, -0.2) is 53.3 Å². The van der Waals surface area contributed by atoms with Gasteiger partial charge in [-0.3, -0.25) is 0 Å². The molecule has 1 aliphatic heterocycles. The summed E-state index contributed by atoms with van der Waals surface area (Å²) in [5, 5.41) is 13.7. The molecule has 0 bridgehead atoms. The Hall–Kier alpha value is -4.43. The molecule has 2 unspecified atom stereocenters. The molecular formula is C39H41Cl2FN4O5. The number of ether oxygens (including phenoxy) is 3. The number of nitriles is 1. The van der Waals surface area contributed by atoms with E-state index in [1.165, 1.54) is 0 Å². The van der Waals surface area contributed by atoms with E-state index in [1.54, 1.807) is 63.8 Å². The molecule has 0 saturated carbocycles. The van der Waals surface area contributed by atoms with E-state index in [0.717, 1.165) is 5.56 Å². The van der Waals surface area contributed by atoms with Crippen LogP contribution in [0.15, 0.2) is 54.6 Å². The first-order valence-corrected chi connectivity index (χ1v) is 17.7. The first-order valence-electron chi connectivity index (χ1n) is 16.9. The lowest BCUT2D eigenvalue weighted by atomic mass is 9.91. The van der Waals surface area contributed by atoms with Crippen molar-refractivity contribution in [3.63, 3.8) is 0 Å². The zero-order valence-corrected chi connectivity index (χ0v) is 30.8. The third-order valence-electron chi connectivity index (χ3n) is 8.45. The minimum atomic E-state index is -0.785. The van der Waals surface area contributed by atoms with Gasteiger partial charge in [-0.15, -0.1) is 0 Å². The zero-order chi connectivity index (χ0) is 36.9. The second kappa shape index (κ2) is 16.3. The summed E-state index contributed by atoms with van der Waals surface area (Å²) in [5.41, 5.74) is 1.74. The predicted octanol–water partition coefficient (Wildman–Crippen LogP) is 9.68. The van der Waals surface area contributed by atoms with Crippen LogP contribution in [0.3, 0.4) is 0 Å². The Morgan fingerprint density at radius 1 is 1.16 bits per heavy atom. The summed E-state index contributed by atoms with van der Waals surface area (Å²) >= 11 is 13.0. The van der Waals surface area contributed by atoms with E-state index in [-0.39, 0.29) is 71.0 Å². The van der Waals surface area contributed by atoms with Crippen molar-refractivity contribution in [1.82, 2.24) is 9.88 Å². The summed E-state index contributed by atoms with van der Waals surface area (Å²) in [6.45, 7) is 9.83. The number of nitrogens with zero attached hydrogens (tertiary/aromatic N) is 3. The van der Waals surface area contributed by atoms with Crippen LogP contribution in [0.25, 0.3) is 22.0 Å². The number of hydrogen-bond acceptors (Lipinski definition) is 8. The molecule has 3 aromatic carbocycles. The number of aromatic nitrogens is 1. The number of esters is 1. The number of fused-ring (bicyclic) bond motifs is 1. The topological polar surface area (TPSA) is 114 Å². The average molecular weight is 736 g/mol. The van der Waals surface area contributed by atoms with Gasteiger partial charge in [0.1, 0.15) is 16.7 Å². The number of halogens is 3. The Kier molecular flexibility index (Phi) is 12.1. The van der Waals surface area contributed by atoms with Gasteiger partial charge in [-0.25, -0.2) is 19.0 Å². The molecular weight excluding hydrogens is 694 g/mol. The molecule has 9 nitrogen and oxygen atoms in total. The number of amides is 1. The third-order valence-corrected chi connectivity index (χ3v) is 9.27. The fourth-order valence-corrected chi connectivity index (χ4v) is 6.51. The molecule has 51 heavy (non-hydrogen) atoms. The maximum absolute atomic E-state index is 17.2. The first kappa shape index (κ1) is 37.8. The SMILES string of the molecule is CCOC(=O)c1c(C(C)OCc2ccccc2)nc2c(F)c(-c3cccc(Cl)c3Cl)c(CCC#N)cc2c1NC1CCN(C(=O)OC(C)(C)C)C1. The van der Waals surface area contributed by atoms with E-state index in [2.05, 4.69) is 11.4 Å². The normalized spacial score (nSPS) is 15.0. The number of benzene rings is 3. The number of nitrogens with one attached hydrogen (secondary N) is 1. The first-order chi connectivity index (χ1) is 24.3. The van der Waals surface area contributed by atoms with Gasteiger partial charge in [-0.1, -0.05) is 65.7 Å². The molecule has 268 valence electrons. The largest absolute Gasteiger partial charge is 0.462 e. The minimum absolute atomic E-state index is 0.0375. The van der Waals surface area contributed by atoms with Crippen LogP contribution in [0.1, 0.15) is 80.7 Å². The van der Waals surface area contributed by atoms with E-state index in [0.29, 0.717) is 35.2 Å². The summed E-state index contributed by atoms with van der Waals surface area (Å²) in [7, 11) is 0. The number of aryl methyl sites for hydroxylation is 1. The van der Waals surface area contributed by atoms with Crippen LogP contribution in [0.2, 0.25) is 10.0 Å². The quantitative estimate of drug-likeness (QED) is 0.152. The summed E-state index contributed by atoms with van der Waals surface area (Å²) < 4.78 is 34.7. The number of hydrogen-bond donors (Lipinski definition) is 1. The van der Waals surface area contributed by atoms with Crippen molar-refractivity contribution in [1.29, 1.82) is 5.26 Å². The number of rotatable bonds is 11. The van der Waals surface area contributed by atoms with Crippen molar-refractivity contribution in [2.45, 2.75) is 78.2 Å². The van der Waals surface area contributed by atoms with Gasteiger partial charge in [-0.2, -0.15) is 5.26 Å². The molecule has 1 saturated heterocycles. The molecule has 1 amide bonds. The molecule has 1 aromatic heterocycles. The summed E-state index contributed by atoms with van der Waals surface area (Å²) in [6, 6.07) is 18.0. The fourth-order valence-electron chi connectivity index (χ4n) is 6.11. The molecule has 5 rings (SSSR count). The van der Waals surface area contributed by atoms with E-state index < -0.39 is 29.6 Å². The molecule has 12 heteroatoms. The van der Waals surface area contributed by atoms with E-state index in [9.17, 15) is 14.9 Å². The van der Waals surface area contributed by atoms with Gasteiger partial charge in [-0.05, 0) is 70.7 Å². The van der Waals surface area contributed by atoms with Gasteiger partial charge >= 0.3 is 12.1 Å². The van der Waals surface area contributed by atoms with Crippen LogP contribution in [0.4, 0.5) is 14.9 Å². The van der Waals surface area contributed by atoms with Crippen molar-refractivity contribution < 1.29 is 28.2 Å². The lowest BCUT2D eigenvalue weighted by molar-refractivity contribution is 0.0293. The Bertz CT molecular complexity index is 1960. The lowest BCUT2D eigenvalue weighted by Gasteiger charge is -2.26. The van der Waals surface area contributed by atoms with Crippen LogP contribution >= 0.6 is 23.2 Å².